The molecule has 28 heavy (non-hydrogen) atoms. The van der Waals surface area contributed by atoms with Gasteiger partial charge in [-0.25, -0.2) is 4.39 Å². The van der Waals surface area contributed by atoms with E-state index < -0.39 is 0 Å². The SMILES string of the molecule is CCCN1CCC(NC(=NC)NCC2(c3cccc(F)c3)CCOCC2)CC1. The number of nitrogens with zero attached hydrogens (tertiary/aromatic N) is 2. The van der Waals surface area contributed by atoms with E-state index in [2.05, 4.69) is 27.4 Å². The van der Waals surface area contributed by atoms with Crippen molar-refractivity contribution in [3.8, 4) is 0 Å². The summed E-state index contributed by atoms with van der Waals surface area (Å²) in [6.45, 7) is 7.87. The largest absolute Gasteiger partial charge is 0.381 e. The number of ether oxygens (including phenoxy) is 1. The molecule has 2 aliphatic rings. The van der Waals surface area contributed by atoms with Crippen LogP contribution in [0.2, 0.25) is 0 Å². The first-order valence-electron chi connectivity index (χ1n) is 10.7. The third-order valence-corrected chi connectivity index (χ3v) is 6.17. The monoisotopic (exact) mass is 390 g/mol. The number of nitrogens with one attached hydrogen (secondary N) is 2. The molecule has 2 aliphatic heterocycles. The van der Waals surface area contributed by atoms with Gasteiger partial charge in [-0.2, -0.15) is 0 Å². The molecule has 0 amide bonds. The quantitative estimate of drug-likeness (QED) is 0.579. The van der Waals surface area contributed by atoms with Crippen molar-refractivity contribution in [2.24, 2.45) is 4.99 Å². The second-order valence-electron chi connectivity index (χ2n) is 8.09. The van der Waals surface area contributed by atoms with Crippen molar-refractivity contribution in [2.45, 2.75) is 50.5 Å². The Bertz CT molecular complexity index is 637. The highest BCUT2D eigenvalue weighted by Gasteiger charge is 2.35. The van der Waals surface area contributed by atoms with Gasteiger partial charge in [0.05, 0.1) is 0 Å². The molecule has 2 saturated heterocycles. The molecule has 2 N–H and O–H groups in total. The van der Waals surface area contributed by atoms with E-state index in [1.807, 2.05) is 13.1 Å². The average Bonchev–Trinajstić information content (AvgIpc) is 2.73. The Morgan fingerprint density at radius 3 is 2.68 bits per heavy atom. The van der Waals surface area contributed by atoms with Crippen LogP contribution in [-0.2, 0) is 10.2 Å². The van der Waals surface area contributed by atoms with Crippen molar-refractivity contribution in [1.29, 1.82) is 0 Å². The number of aliphatic imine (C=N–C) groups is 1. The molecule has 1 aromatic rings. The smallest absolute Gasteiger partial charge is 0.191 e. The van der Waals surface area contributed by atoms with Gasteiger partial charge in [0.25, 0.3) is 0 Å². The second kappa shape index (κ2) is 10.2. The first-order valence-corrected chi connectivity index (χ1v) is 10.7. The lowest BCUT2D eigenvalue weighted by Crippen LogP contribution is -2.52. The van der Waals surface area contributed by atoms with Crippen LogP contribution in [0.5, 0.6) is 0 Å². The molecule has 0 aliphatic carbocycles. The fourth-order valence-electron chi connectivity index (χ4n) is 4.41. The van der Waals surface area contributed by atoms with Crippen LogP contribution < -0.4 is 10.6 Å². The zero-order chi connectivity index (χ0) is 19.8. The molecule has 0 aromatic heterocycles. The minimum atomic E-state index is -0.176. The molecule has 0 unspecified atom stereocenters. The fourth-order valence-corrected chi connectivity index (χ4v) is 4.41. The van der Waals surface area contributed by atoms with Gasteiger partial charge in [0.2, 0.25) is 0 Å². The summed E-state index contributed by atoms with van der Waals surface area (Å²) in [5.41, 5.74) is 0.925. The maximum absolute atomic E-state index is 13.9. The number of guanidine groups is 1. The third-order valence-electron chi connectivity index (χ3n) is 6.17. The second-order valence-corrected chi connectivity index (χ2v) is 8.09. The fraction of sp³-hybridized carbons (Fsp3) is 0.682. The number of likely N-dealkylation sites (tertiary alicyclic amines) is 1. The number of hydrogen-bond donors (Lipinski definition) is 2. The van der Waals surface area contributed by atoms with Crippen LogP contribution in [-0.4, -0.2) is 63.3 Å². The molecule has 0 radical (unpaired) electrons. The van der Waals surface area contributed by atoms with E-state index >= 15 is 0 Å². The summed E-state index contributed by atoms with van der Waals surface area (Å²) in [5.74, 6) is 0.668. The Morgan fingerprint density at radius 2 is 2.04 bits per heavy atom. The molecule has 156 valence electrons. The Hall–Kier alpha value is -1.66. The van der Waals surface area contributed by atoms with E-state index in [4.69, 9.17) is 4.74 Å². The number of piperidine rings is 1. The van der Waals surface area contributed by atoms with Crippen molar-refractivity contribution in [3.63, 3.8) is 0 Å². The Kier molecular flexibility index (Phi) is 7.68. The van der Waals surface area contributed by atoms with E-state index in [9.17, 15) is 4.39 Å². The number of hydrogen-bond acceptors (Lipinski definition) is 3. The number of halogens is 1. The predicted molar refractivity (Wildman–Crippen MR) is 112 cm³/mol. The standard InChI is InChI=1S/C22H35FN4O/c1-3-11-27-12-7-20(8-13-27)26-21(24-2)25-17-22(9-14-28-15-10-22)18-5-4-6-19(23)16-18/h4-6,16,20H,3,7-15,17H2,1-2H3,(H2,24,25,26). The van der Waals surface area contributed by atoms with Gasteiger partial charge in [0.15, 0.2) is 5.96 Å². The lowest BCUT2D eigenvalue weighted by Gasteiger charge is -2.39. The first kappa shape index (κ1) is 21.1. The summed E-state index contributed by atoms with van der Waals surface area (Å²) < 4.78 is 19.4. The van der Waals surface area contributed by atoms with Crippen LogP contribution >= 0.6 is 0 Å². The van der Waals surface area contributed by atoms with Crippen molar-refractivity contribution in [1.82, 2.24) is 15.5 Å². The van der Waals surface area contributed by atoms with Crippen LogP contribution in [0.25, 0.3) is 0 Å². The average molecular weight is 391 g/mol. The topological polar surface area (TPSA) is 48.9 Å². The Balaban J connectivity index is 1.59. The highest BCUT2D eigenvalue weighted by Crippen LogP contribution is 2.34. The van der Waals surface area contributed by atoms with Gasteiger partial charge < -0.3 is 20.3 Å². The van der Waals surface area contributed by atoms with Crippen LogP contribution in [0.15, 0.2) is 29.3 Å². The van der Waals surface area contributed by atoms with Crippen LogP contribution in [0.4, 0.5) is 4.39 Å². The van der Waals surface area contributed by atoms with Gasteiger partial charge in [-0.3, -0.25) is 4.99 Å². The normalized spacial score (nSPS) is 21.5. The summed E-state index contributed by atoms with van der Waals surface area (Å²) in [4.78, 5) is 6.98. The van der Waals surface area contributed by atoms with Crippen LogP contribution in [0, 0.1) is 5.82 Å². The number of benzene rings is 1. The molecule has 6 heteroatoms. The molecule has 0 atom stereocenters. The van der Waals surface area contributed by atoms with Crippen molar-refractivity contribution >= 4 is 5.96 Å². The molecule has 5 nitrogen and oxygen atoms in total. The maximum Gasteiger partial charge on any atom is 0.191 e. The first-order chi connectivity index (χ1) is 13.6. The zero-order valence-corrected chi connectivity index (χ0v) is 17.3. The summed E-state index contributed by atoms with van der Waals surface area (Å²) in [5, 5.41) is 7.12. The molecular weight excluding hydrogens is 355 g/mol. The minimum Gasteiger partial charge on any atom is -0.381 e. The predicted octanol–water partition coefficient (Wildman–Crippen LogP) is 2.91. The molecule has 0 spiro atoms. The van der Waals surface area contributed by atoms with Gasteiger partial charge in [-0.15, -0.1) is 0 Å². The molecule has 2 fully saturated rings. The van der Waals surface area contributed by atoms with Gasteiger partial charge in [0.1, 0.15) is 5.82 Å². The van der Waals surface area contributed by atoms with Crippen LogP contribution in [0.3, 0.4) is 0 Å². The highest BCUT2D eigenvalue weighted by atomic mass is 19.1. The summed E-state index contributed by atoms with van der Waals surface area (Å²) >= 11 is 0. The van der Waals surface area contributed by atoms with Crippen molar-refractivity contribution in [2.75, 3.05) is 46.4 Å². The van der Waals surface area contributed by atoms with E-state index in [0.29, 0.717) is 19.3 Å². The molecule has 0 bridgehead atoms. The van der Waals surface area contributed by atoms with Crippen molar-refractivity contribution < 1.29 is 9.13 Å². The van der Waals surface area contributed by atoms with E-state index in [-0.39, 0.29) is 11.2 Å². The Morgan fingerprint density at radius 1 is 1.29 bits per heavy atom. The zero-order valence-electron chi connectivity index (χ0n) is 17.3. The summed E-state index contributed by atoms with van der Waals surface area (Å²) in [6, 6.07) is 7.48. The maximum atomic E-state index is 13.9. The van der Waals surface area contributed by atoms with Crippen LogP contribution in [0.1, 0.15) is 44.6 Å². The lowest BCUT2D eigenvalue weighted by atomic mass is 9.74. The molecule has 3 rings (SSSR count). The molecule has 0 saturated carbocycles. The number of rotatable bonds is 6. The van der Waals surface area contributed by atoms with Gasteiger partial charge in [-0.1, -0.05) is 19.1 Å². The van der Waals surface area contributed by atoms with E-state index in [1.165, 1.54) is 19.0 Å². The van der Waals surface area contributed by atoms with E-state index in [0.717, 1.165) is 56.8 Å². The summed E-state index contributed by atoms with van der Waals surface area (Å²) in [7, 11) is 1.82. The van der Waals surface area contributed by atoms with Gasteiger partial charge in [-0.05, 0) is 56.3 Å². The minimum absolute atomic E-state index is 0.123. The molecular formula is C22H35FN4O. The van der Waals surface area contributed by atoms with E-state index in [1.54, 1.807) is 12.1 Å². The Labute approximate surface area is 168 Å². The van der Waals surface area contributed by atoms with Crippen molar-refractivity contribution in [3.05, 3.63) is 35.6 Å². The third kappa shape index (κ3) is 5.45. The van der Waals surface area contributed by atoms with Gasteiger partial charge in [0, 0.05) is 51.4 Å². The highest BCUT2D eigenvalue weighted by molar-refractivity contribution is 5.80. The molecule has 2 heterocycles. The van der Waals surface area contributed by atoms with Gasteiger partial charge >= 0.3 is 0 Å². The summed E-state index contributed by atoms with van der Waals surface area (Å²) in [6.07, 6.45) is 5.27. The lowest BCUT2D eigenvalue weighted by molar-refractivity contribution is 0.0512. The molecule has 1 aromatic carbocycles.